The van der Waals surface area contributed by atoms with Crippen molar-refractivity contribution in [2.45, 2.75) is 25.4 Å². The highest BCUT2D eigenvalue weighted by Gasteiger charge is 2.29. The second-order valence-electron chi connectivity index (χ2n) is 6.45. The third-order valence-corrected chi connectivity index (χ3v) is 4.84. The Hall–Kier alpha value is -1.34. The molecule has 4 heterocycles. The van der Waals surface area contributed by atoms with Gasteiger partial charge in [0.05, 0.1) is 11.7 Å². The number of aromatic nitrogens is 2. The minimum absolute atomic E-state index is 0. The van der Waals surface area contributed by atoms with E-state index >= 15 is 0 Å². The number of carbonyl (C=O) groups is 1. The van der Waals surface area contributed by atoms with Crippen molar-refractivity contribution in [2.24, 2.45) is 0 Å². The molecule has 1 atom stereocenters. The molecule has 6 nitrogen and oxygen atoms in total. The van der Waals surface area contributed by atoms with Crippen LogP contribution in [0.5, 0.6) is 0 Å². The molecule has 0 saturated carbocycles. The summed E-state index contributed by atoms with van der Waals surface area (Å²) in [5.41, 5.74) is 2.08. The van der Waals surface area contributed by atoms with Crippen molar-refractivity contribution in [2.75, 3.05) is 32.7 Å². The summed E-state index contributed by atoms with van der Waals surface area (Å²) in [5, 5.41) is 3.30. The Labute approximate surface area is 160 Å². The molecule has 138 valence electrons. The molecule has 25 heavy (non-hydrogen) atoms. The summed E-state index contributed by atoms with van der Waals surface area (Å²) in [5.74, 6) is 0.287. The Kier molecular flexibility index (Phi) is 7.07. The van der Waals surface area contributed by atoms with Crippen molar-refractivity contribution in [3.05, 3.63) is 36.3 Å². The van der Waals surface area contributed by atoms with Gasteiger partial charge in [0.15, 0.2) is 0 Å². The topological polar surface area (TPSA) is 52.9 Å². The lowest BCUT2D eigenvalue weighted by Crippen LogP contribution is -2.52. The van der Waals surface area contributed by atoms with Gasteiger partial charge in [0, 0.05) is 45.1 Å². The number of amides is 1. The third-order valence-electron chi connectivity index (χ3n) is 4.84. The highest BCUT2D eigenvalue weighted by molar-refractivity contribution is 5.85. The Morgan fingerprint density at radius 1 is 1.20 bits per heavy atom. The first-order chi connectivity index (χ1) is 11.3. The van der Waals surface area contributed by atoms with E-state index in [2.05, 4.69) is 25.8 Å². The molecule has 0 spiro atoms. The van der Waals surface area contributed by atoms with Crippen LogP contribution < -0.4 is 5.32 Å². The van der Waals surface area contributed by atoms with Crippen LogP contribution in [0, 0.1) is 0 Å². The van der Waals surface area contributed by atoms with Crippen LogP contribution in [0.25, 0.3) is 5.65 Å². The zero-order valence-electron chi connectivity index (χ0n) is 14.1. The van der Waals surface area contributed by atoms with Gasteiger partial charge < -0.3 is 14.6 Å². The predicted molar refractivity (Wildman–Crippen MR) is 103 cm³/mol. The maximum atomic E-state index is 12.4. The lowest BCUT2D eigenvalue weighted by Gasteiger charge is -2.35. The minimum atomic E-state index is 0. The minimum Gasteiger partial charge on any atom is -0.339 e. The lowest BCUT2D eigenvalue weighted by molar-refractivity contribution is -0.134. The van der Waals surface area contributed by atoms with E-state index in [9.17, 15) is 4.79 Å². The molecule has 2 aromatic heterocycles. The van der Waals surface area contributed by atoms with E-state index in [0.717, 1.165) is 63.5 Å². The van der Waals surface area contributed by atoms with E-state index in [-0.39, 0.29) is 36.8 Å². The van der Waals surface area contributed by atoms with E-state index in [0.29, 0.717) is 0 Å². The highest BCUT2D eigenvalue weighted by atomic mass is 35.5. The van der Waals surface area contributed by atoms with E-state index in [1.54, 1.807) is 0 Å². The van der Waals surface area contributed by atoms with Gasteiger partial charge in [-0.2, -0.15) is 0 Å². The third kappa shape index (κ3) is 4.44. The fourth-order valence-electron chi connectivity index (χ4n) is 3.53. The number of imidazole rings is 1. The van der Waals surface area contributed by atoms with E-state index in [1.807, 2.05) is 29.3 Å². The molecule has 0 radical (unpaired) electrons. The van der Waals surface area contributed by atoms with Gasteiger partial charge in [-0.25, -0.2) is 4.98 Å². The number of nitrogens with one attached hydrogen (secondary N) is 1. The van der Waals surface area contributed by atoms with Gasteiger partial charge in [-0.3, -0.25) is 9.69 Å². The van der Waals surface area contributed by atoms with Crippen LogP contribution in [0.2, 0.25) is 0 Å². The number of pyridine rings is 1. The Bertz CT molecular complexity index is 660. The summed E-state index contributed by atoms with van der Waals surface area (Å²) in [6, 6.07) is 6.10. The summed E-state index contributed by atoms with van der Waals surface area (Å²) in [7, 11) is 0. The Balaban J connectivity index is 0.00000113. The smallest absolute Gasteiger partial charge is 0.239 e. The molecule has 2 aliphatic rings. The van der Waals surface area contributed by atoms with Gasteiger partial charge in [0.1, 0.15) is 5.65 Å². The second-order valence-corrected chi connectivity index (χ2v) is 6.45. The maximum Gasteiger partial charge on any atom is 0.239 e. The number of hydrogen-bond donors (Lipinski definition) is 1. The van der Waals surface area contributed by atoms with Gasteiger partial charge in [-0.15, -0.1) is 24.8 Å². The van der Waals surface area contributed by atoms with E-state index in [4.69, 9.17) is 0 Å². The molecule has 0 unspecified atom stereocenters. The van der Waals surface area contributed by atoms with Crippen molar-refractivity contribution >= 4 is 36.4 Å². The van der Waals surface area contributed by atoms with Crippen molar-refractivity contribution in [1.82, 2.24) is 24.5 Å². The summed E-state index contributed by atoms with van der Waals surface area (Å²) in [6.07, 6.45) is 6.22. The molecule has 1 N–H and O–H groups in total. The number of fused-ring (bicyclic) bond motifs is 1. The molecule has 1 amide bonds. The first-order valence-corrected chi connectivity index (χ1v) is 8.47. The molecule has 8 heteroatoms. The van der Waals surface area contributed by atoms with Crippen LogP contribution in [0.15, 0.2) is 30.6 Å². The number of hydrogen-bond acceptors (Lipinski definition) is 4. The van der Waals surface area contributed by atoms with Gasteiger partial charge >= 0.3 is 0 Å². The summed E-state index contributed by atoms with van der Waals surface area (Å²) in [4.78, 5) is 21.5. The van der Waals surface area contributed by atoms with E-state index in [1.165, 1.54) is 0 Å². The molecule has 0 aliphatic carbocycles. The largest absolute Gasteiger partial charge is 0.339 e. The quantitative estimate of drug-likeness (QED) is 0.870. The monoisotopic (exact) mass is 385 g/mol. The van der Waals surface area contributed by atoms with Gasteiger partial charge in [0.2, 0.25) is 5.91 Å². The van der Waals surface area contributed by atoms with Crippen molar-refractivity contribution in [3.63, 3.8) is 0 Å². The van der Waals surface area contributed by atoms with E-state index < -0.39 is 0 Å². The standard InChI is InChI=1S/C17H23N5O.2ClH/c23-17(15-4-3-6-18-15)21-10-8-20(9-11-21)12-14-13-22-7-2-1-5-16(22)19-14;;/h1-2,5,7,13,15,18H,3-4,6,8-12H2;2*1H/t15-;;/m0../s1. The average molecular weight is 386 g/mol. The van der Waals surface area contributed by atoms with Crippen LogP contribution in [0.3, 0.4) is 0 Å². The van der Waals surface area contributed by atoms with Gasteiger partial charge in [0.25, 0.3) is 0 Å². The van der Waals surface area contributed by atoms with Crippen LogP contribution in [0.1, 0.15) is 18.5 Å². The zero-order chi connectivity index (χ0) is 15.6. The summed E-state index contributed by atoms with van der Waals surface area (Å²) in [6.45, 7) is 5.32. The molecular formula is C17H25Cl2N5O. The van der Waals surface area contributed by atoms with Crippen molar-refractivity contribution < 1.29 is 4.79 Å². The molecule has 0 bridgehead atoms. The van der Waals surface area contributed by atoms with Gasteiger partial charge in [-0.1, -0.05) is 6.07 Å². The SMILES string of the molecule is Cl.Cl.O=C([C@@H]1CCCN1)N1CCN(Cc2cn3ccccc3n2)CC1. The number of halogens is 2. The maximum absolute atomic E-state index is 12.4. The van der Waals surface area contributed by atoms with Crippen LogP contribution in [-0.2, 0) is 11.3 Å². The van der Waals surface area contributed by atoms with Crippen molar-refractivity contribution in [3.8, 4) is 0 Å². The number of piperazine rings is 1. The molecule has 2 aliphatic heterocycles. The molecule has 2 saturated heterocycles. The summed E-state index contributed by atoms with van der Waals surface area (Å²) < 4.78 is 2.06. The fourth-order valence-corrected chi connectivity index (χ4v) is 3.53. The summed E-state index contributed by atoms with van der Waals surface area (Å²) >= 11 is 0. The molecule has 4 rings (SSSR count). The first-order valence-electron chi connectivity index (χ1n) is 8.47. The lowest BCUT2D eigenvalue weighted by atomic mass is 10.2. The Morgan fingerprint density at radius 3 is 2.68 bits per heavy atom. The fraction of sp³-hybridized carbons (Fsp3) is 0.529. The van der Waals surface area contributed by atoms with Gasteiger partial charge in [-0.05, 0) is 31.5 Å². The predicted octanol–water partition coefficient (Wildman–Crippen LogP) is 1.57. The second kappa shape index (κ2) is 8.85. The number of rotatable bonds is 3. The normalized spacial score (nSPS) is 21.0. The molecule has 2 aromatic rings. The van der Waals surface area contributed by atoms with Crippen LogP contribution >= 0.6 is 24.8 Å². The first kappa shape index (κ1) is 20.0. The number of carbonyl (C=O) groups excluding carboxylic acids is 1. The average Bonchev–Trinajstić information content (AvgIpc) is 3.24. The van der Waals surface area contributed by atoms with Crippen LogP contribution in [-0.4, -0.2) is 63.9 Å². The molecule has 0 aromatic carbocycles. The van der Waals surface area contributed by atoms with Crippen LogP contribution in [0.4, 0.5) is 0 Å². The zero-order valence-corrected chi connectivity index (χ0v) is 15.8. The van der Waals surface area contributed by atoms with Crippen molar-refractivity contribution in [1.29, 1.82) is 0 Å². The molecular weight excluding hydrogens is 361 g/mol. The highest BCUT2D eigenvalue weighted by Crippen LogP contribution is 2.13. The Morgan fingerprint density at radius 2 is 2.00 bits per heavy atom. The number of nitrogens with zero attached hydrogens (tertiary/aromatic N) is 4. The molecule has 2 fully saturated rings.